The molecule has 0 amide bonds. The summed E-state index contributed by atoms with van der Waals surface area (Å²) in [6, 6.07) is 22.9. The van der Waals surface area contributed by atoms with Crippen LogP contribution in [0.4, 0.5) is 0 Å². The third-order valence-corrected chi connectivity index (χ3v) is 6.01. The third kappa shape index (κ3) is 3.55. The number of aryl methyl sites for hydroxylation is 1. The van der Waals surface area contributed by atoms with Gasteiger partial charge in [0.1, 0.15) is 5.65 Å². The van der Waals surface area contributed by atoms with Crippen LogP contribution in [-0.4, -0.2) is 21.0 Å². The summed E-state index contributed by atoms with van der Waals surface area (Å²) in [5.74, 6) is 0. The van der Waals surface area contributed by atoms with E-state index in [0.29, 0.717) is 13.1 Å². The normalized spacial score (nSPS) is 14.0. The molecule has 4 aromatic rings. The number of hydrogen-bond acceptors (Lipinski definition) is 3. The van der Waals surface area contributed by atoms with Gasteiger partial charge in [0, 0.05) is 36.8 Å². The van der Waals surface area contributed by atoms with Crippen LogP contribution in [0.25, 0.3) is 11.0 Å². The van der Waals surface area contributed by atoms with Crippen LogP contribution in [-0.2, 0) is 26.1 Å². The van der Waals surface area contributed by atoms with Crippen molar-refractivity contribution in [3.8, 4) is 0 Å². The van der Waals surface area contributed by atoms with Crippen molar-refractivity contribution < 1.29 is 0 Å². The first-order valence-electron chi connectivity index (χ1n) is 10.5. The van der Waals surface area contributed by atoms with Crippen molar-refractivity contribution in [1.82, 2.24) is 14.5 Å². The molecule has 4 nitrogen and oxygen atoms in total. The first-order chi connectivity index (χ1) is 14.7. The molecule has 3 heterocycles. The predicted molar refractivity (Wildman–Crippen MR) is 121 cm³/mol. The monoisotopic (exact) mass is 395 g/mol. The van der Waals surface area contributed by atoms with E-state index in [9.17, 15) is 4.79 Å². The van der Waals surface area contributed by atoms with Crippen LogP contribution in [0.5, 0.6) is 0 Å². The van der Waals surface area contributed by atoms with Crippen LogP contribution in [0.3, 0.4) is 0 Å². The van der Waals surface area contributed by atoms with Crippen molar-refractivity contribution in [2.24, 2.45) is 0 Å². The van der Waals surface area contributed by atoms with E-state index >= 15 is 0 Å². The van der Waals surface area contributed by atoms with Gasteiger partial charge in [0.25, 0.3) is 5.56 Å². The molecule has 2 aromatic heterocycles. The Labute approximate surface area is 176 Å². The molecule has 1 aliphatic heterocycles. The first-order valence-corrected chi connectivity index (χ1v) is 10.5. The van der Waals surface area contributed by atoms with Gasteiger partial charge in [-0.2, -0.15) is 0 Å². The summed E-state index contributed by atoms with van der Waals surface area (Å²) in [5, 5.41) is 1.11. The van der Waals surface area contributed by atoms with Gasteiger partial charge in [0.05, 0.1) is 6.54 Å². The fourth-order valence-corrected chi connectivity index (χ4v) is 4.42. The molecule has 0 radical (unpaired) electrons. The largest absolute Gasteiger partial charge is 0.294 e. The van der Waals surface area contributed by atoms with Crippen molar-refractivity contribution in [3.05, 3.63) is 111 Å². The van der Waals surface area contributed by atoms with Crippen molar-refractivity contribution in [2.75, 3.05) is 6.54 Å². The number of rotatable bonds is 4. The standard InChI is InChI=1S/C26H25N3O/c1-19-9-11-21(12-10-19)16-28-15-13-22-23-8-5-14-27-25(23)29(26(30)24(22)18-28)17-20-6-3-2-4-7-20/h2-12,14H,13,15-18H2,1H3. The van der Waals surface area contributed by atoms with Gasteiger partial charge in [-0.15, -0.1) is 0 Å². The van der Waals surface area contributed by atoms with Gasteiger partial charge in [0.15, 0.2) is 0 Å². The van der Waals surface area contributed by atoms with Crippen LogP contribution < -0.4 is 5.56 Å². The van der Waals surface area contributed by atoms with Crippen molar-refractivity contribution in [1.29, 1.82) is 0 Å². The summed E-state index contributed by atoms with van der Waals surface area (Å²) >= 11 is 0. The lowest BCUT2D eigenvalue weighted by Crippen LogP contribution is -2.37. The molecule has 0 bridgehead atoms. The first kappa shape index (κ1) is 18.8. The molecule has 0 N–H and O–H groups in total. The highest BCUT2D eigenvalue weighted by atomic mass is 16.1. The van der Waals surface area contributed by atoms with Crippen LogP contribution >= 0.6 is 0 Å². The van der Waals surface area contributed by atoms with Gasteiger partial charge in [-0.05, 0) is 42.2 Å². The summed E-state index contributed by atoms with van der Waals surface area (Å²) in [5.41, 5.74) is 6.64. The molecule has 30 heavy (non-hydrogen) atoms. The lowest BCUT2D eigenvalue weighted by Gasteiger charge is -2.30. The van der Waals surface area contributed by atoms with Gasteiger partial charge < -0.3 is 0 Å². The van der Waals surface area contributed by atoms with Gasteiger partial charge in [-0.25, -0.2) is 4.98 Å². The average Bonchev–Trinajstić information content (AvgIpc) is 2.79. The molecule has 2 aromatic carbocycles. The zero-order valence-corrected chi connectivity index (χ0v) is 17.2. The Morgan fingerprint density at radius 3 is 2.43 bits per heavy atom. The molecular formula is C26H25N3O. The highest BCUT2D eigenvalue weighted by Gasteiger charge is 2.24. The lowest BCUT2D eigenvalue weighted by molar-refractivity contribution is 0.244. The minimum atomic E-state index is 0.0914. The summed E-state index contributed by atoms with van der Waals surface area (Å²) in [4.78, 5) is 20.5. The maximum atomic E-state index is 13.6. The van der Waals surface area contributed by atoms with Crippen molar-refractivity contribution in [3.63, 3.8) is 0 Å². The number of aromatic nitrogens is 2. The van der Waals surface area contributed by atoms with Crippen molar-refractivity contribution >= 4 is 11.0 Å². The minimum Gasteiger partial charge on any atom is -0.294 e. The molecule has 4 heteroatoms. The van der Waals surface area contributed by atoms with E-state index in [0.717, 1.165) is 41.7 Å². The second-order valence-electron chi connectivity index (χ2n) is 8.15. The van der Waals surface area contributed by atoms with Gasteiger partial charge in [-0.1, -0.05) is 60.2 Å². The summed E-state index contributed by atoms with van der Waals surface area (Å²) < 4.78 is 1.85. The molecule has 0 saturated heterocycles. The Morgan fingerprint density at radius 1 is 0.867 bits per heavy atom. The highest BCUT2D eigenvalue weighted by molar-refractivity contribution is 5.80. The average molecular weight is 396 g/mol. The van der Waals surface area contributed by atoms with Gasteiger partial charge in [0.2, 0.25) is 0 Å². The van der Waals surface area contributed by atoms with E-state index in [1.54, 1.807) is 6.20 Å². The van der Waals surface area contributed by atoms with Gasteiger partial charge in [-0.3, -0.25) is 14.3 Å². The molecule has 0 fully saturated rings. The van der Waals surface area contributed by atoms with E-state index in [1.807, 2.05) is 28.8 Å². The second kappa shape index (κ2) is 7.88. The Morgan fingerprint density at radius 2 is 1.63 bits per heavy atom. The fraction of sp³-hybridized carbons (Fsp3) is 0.231. The zero-order valence-electron chi connectivity index (χ0n) is 17.2. The van der Waals surface area contributed by atoms with Crippen LogP contribution in [0, 0.1) is 6.92 Å². The molecule has 0 spiro atoms. The van der Waals surface area contributed by atoms with E-state index in [-0.39, 0.29) is 5.56 Å². The Hall–Kier alpha value is -3.24. The molecule has 5 rings (SSSR count). The molecule has 1 aliphatic rings. The van der Waals surface area contributed by atoms with E-state index in [2.05, 4.69) is 59.3 Å². The SMILES string of the molecule is Cc1ccc(CN2CCc3c(c(=O)n(Cc4ccccc4)c4ncccc34)C2)cc1. The zero-order chi connectivity index (χ0) is 20.5. The van der Waals surface area contributed by atoms with Crippen molar-refractivity contribution in [2.45, 2.75) is 33.0 Å². The summed E-state index contributed by atoms with van der Waals surface area (Å²) in [6.45, 7) is 5.14. The highest BCUT2D eigenvalue weighted by Crippen LogP contribution is 2.25. The van der Waals surface area contributed by atoms with E-state index < -0.39 is 0 Å². The predicted octanol–water partition coefficient (Wildman–Crippen LogP) is 4.31. The number of fused-ring (bicyclic) bond motifs is 3. The van der Waals surface area contributed by atoms with E-state index in [1.165, 1.54) is 16.7 Å². The maximum absolute atomic E-state index is 13.6. The lowest BCUT2D eigenvalue weighted by atomic mass is 9.97. The third-order valence-electron chi connectivity index (χ3n) is 6.01. The topological polar surface area (TPSA) is 38.1 Å². The minimum absolute atomic E-state index is 0.0914. The Kier molecular flexibility index (Phi) is 4.93. The quantitative estimate of drug-likeness (QED) is 0.517. The molecule has 0 aliphatic carbocycles. The molecule has 0 saturated carbocycles. The second-order valence-corrected chi connectivity index (χ2v) is 8.15. The molecule has 0 atom stereocenters. The fourth-order valence-electron chi connectivity index (χ4n) is 4.42. The number of benzene rings is 2. The summed E-state index contributed by atoms with van der Waals surface area (Å²) in [6.07, 6.45) is 2.66. The van der Waals surface area contributed by atoms with Crippen LogP contribution in [0.2, 0.25) is 0 Å². The molecular weight excluding hydrogens is 370 g/mol. The number of pyridine rings is 2. The summed E-state index contributed by atoms with van der Waals surface area (Å²) in [7, 11) is 0. The van der Waals surface area contributed by atoms with Crippen LogP contribution in [0.1, 0.15) is 27.8 Å². The smallest absolute Gasteiger partial charge is 0.257 e. The number of hydrogen-bond donors (Lipinski definition) is 0. The van der Waals surface area contributed by atoms with Gasteiger partial charge >= 0.3 is 0 Å². The Balaban J connectivity index is 1.54. The molecule has 150 valence electrons. The van der Waals surface area contributed by atoms with E-state index in [4.69, 9.17) is 0 Å². The Bertz CT molecular complexity index is 1240. The number of nitrogens with zero attached hydrogens (tertiary/aromatic N) is 3. The molecule has 0 unspecified atom stereocenters. The van der Waals surface area contributed by atoms with Crippen LogP contribution in [0.15, 0.2) is 77.7 Å². The maximum Gasteiger partial charge on any atom is 0.257 e.